The zero-order valence-corrected chi connectivity index (χ0v) is 21.3. The van der Waals surface area contributed by atoms with Gasteiger partial charge in [-0.3, -0.25) is 0 Å². The second-order valence-corrected chi connectivity index (χ2v) is 9.04. The highest BCUT2D eigenvalue weighted by Gasteiger charge is 2.04. The number of aromatic carboxylic acids is 2. The fourth-order valence-electron chi connectivity index (χ4n) is 4.35. The van der Waals surface area contributed by atoms with Crippen LogP contribution in [0.2, 0.25) is 0 Å². The van der Waals surface area contributed by atoms with Crippen LogP contribution in [-0.4, -0.2) is 11.9 Å². The fraction of sp³-hybridized carbons (Fsp3) is 0. The highest BCUT2D eigenvalue weighted by Crippen LogP contribution is 2.16. The van der Waals surface area contributed by atoms with Crippen LogP contribution >= 0.6 is 0 Å². The molecule has 0 fully saturated rings. The van der Waals surface area contributed by atoms with E-state index in [-0.39, 0.29) is 11.1 Å². The molecule has 0 aliphatic heterocycles. The summed E-state index contributed by atoms with van der Waals surface area (Å²) in [5.41, 5.74) is 4.41. The molecule has 7 rings (SSSR count). The maximum absolute atomic E-state index is 10.3. The minimum Gasteiger partial charge on any atom is -0.545 e. The molecule has 0 spiro atoms. The van der Waals surface area contributed by atoms with Crippen molar-refractivity contribution in [1.82, 2.24) is 0 Å². The number of benzene rings is 5. The number of hydrogen-bond donors (Lipinski definition) is 0. The van der Waals surface area contributed by atoms with Crippen LogP contribution in [0.3, 0.4) is 0 Å². The standard InChI is InChI=1S/2C13H9N.C8H6O4/c2*1-3-7-12-10(5-1)9-11-6-2-4-8-13(11)14-12;9-7(10)5-2-1-3-6(4-5)8(11)12/h2*1-9H;1-4H,(H,9,10)(H,11,12). The van der Waals surface area contributed by atoms with Gasteiger partial charge in [0.25, 0.3) is 0 Å². The Bertz CT molecular complexity index is 1630. The lowest BCUT2D eigenvalue weighted by Crippen LogP contribution is -2.25. The number of rotatable bonds is 2. The summed E-state index contributed by atoms with van der Waals surface area (Å²) in [5.74, 6) is -2.81. The molecule has 194 valence electrons. The molecule has 40 heavy (non-hydrogen) atoms. The summed E-state index contributed by atoms with van der Waals surface area (Å²) < 4.78 is 0. The Labute approximate surface area is 229 Å². The lowest BCUT2D eigenvalue weighted by molar-refractivity contribution is -0.310. The predicted octanol–water partition coefficient (Wildman–Crippen LogP) is 4.03. The van der Waals surface area contributed by atoms with Crippen LogP contribution in [0.5, 0.6) is 0 Å². The van der Waals surface area contributed by atoms with E-state index in [9.17, 15) is 19.8 Å². The van der Waals surface area contributed by atoms with E-state index < -0.39 is 11.9 Å². The van der Waals surface area contributed by atoms with Crippen LogP contribution < -0.4 is 20.2 Å². The van der Waals surface area contributed by atoms with Crippen LogP contribution in [0.25, 0.3) is 43.6 Å². The van der Waals surface area contributed by atoms with Gasteiger partial charge in [0, 0.05) is 45.8 Å². The summed E-state index contributed by atoms with van der Waals surface area (Å²) in [5, 5.41) is 25.5. The molecule has 6 nitrogen and oxygen atoms in total. The van der Waals surface area contributed by atoms with E-state index in [0.29, 0.717) is 0 Å². The maximum atomic E-state index is 10.3. The first-order valence-electron chi connectivity index (χ1n) is 12.6. The van der Waals surface area contributed by atoms with Crippen LogP contribution in [0.4, 0.5) is 0 Å². The van der Waals surface area contributed by atoms with Crippen molar-refractivity contribution in [2.75, 3.05) is 0 Å². The van der Waals surface area contributed by atoms with Crippen LogP contribution in [-0.2, 0) is 0 Å². The number of aromatic amines is 2. The molecule has 0 saturated carbocycles. The summed E-state index contributed by atoms with van der Waals surface area (Å²) in [7, 11) is 0. The van der Waals surface area contributed by atoms with Crippen molar-refractivity contribution in [3.63, 3.8) is 0 Å². The molecule has 0 amide bonds. The Morgan fingerprint density at radius 1 is 0.400 bits per heavy atom. The van der Waals surface area contributed by atoms with Gasteiger partial charge < -0.3 is 19.8 Å². The highest BCUT2D eigenvalue weighted by atomic mass is 16.4. The average molecular weight is 525 g/mol. The third kappa shape index (κ3) is 6.09. The molecule has 0 bridgehead atoms. The molecule has 0 radical (unpaired) electrons. The summed E-state index contributed by atoms with van der Waals surface area (Å²) in [6.45, 7) is 0. The third-order valence-corrected chi connectivity index (χ3v) is 6.34. The number of carboxylic acids is 2. The van der Waals surface area contributed by atoms with E-state index in [2.05, 4.69) is 94.9 Å². The van der Waals surface area contributed by atoms with Crippen molar-refractivity contribution in [1.29, 1.82) is 0 Å². The molecule has 2 heterocycles. The number of carbonyl (C=O) groups excluding carboxylic acids is 2. The van der Waals surface area contributed by atoms with E-state index >= 15 is 0 Å². The minimum absolute atomic E-state index is 0.170. The van der Waals surface area contributed by atoms with Gasteiger partial charge in [-0.05, 0) is 53.6 Å². The molecule has 2 aromatic heterocycles. The monoisotopic (exact) mass is 524 g/mol. The number of para-hydroxylation sites is 4. The van der Waals surface area contributed by atoms with Crippen LogP contribution in [0, 0.1) is 0 Å². The number of hydrogen-bond acceptors (Lipinski definition) is 4. The number of aromatic nitrogens is 2. The third-order valence-electron chi connectivity index (χ3n) is 6.34. The molecule has 0 unspecified atom stereocenters. The first kappa shape index (κ1) is 26.0. The number of pyridine rings is 2. The molecule has 0 aliphatic rings. The van der Waals surface area contributed by atoms with E-state index in [4.69, 9.17) is 0 Å². The topological polar surface area (TPSA) is 109 Å². The van der Waals surface area contributed by atoms with E-state index in [0.717, 1.165) is 6.07 Å². The Balaban J connectivity index is 0.000000122. The summed E-state index contributed by atoms with van der Waals surface area (Å²) >= 11 is 0. The largest absolute Gasteiger partial charge is 0.545 e. The van der Waals surface area contributed by atoms with E-state index in [1.54, 1.807) is 0 Å². The van der Waals surface area contributed by atoms with Gasteiger partial charge in [0.2, 0.25) is 22.1 Å². The number of H-pyrrole nitrogens is 2. The SMILES string of the molecule is O=C([O-])c1cccc(C(=O)[O-])c1.c1ccc2[nH+]c3ccccc3cc2c1.c1ccc2[nH+]c3ccccc3cc2c1. The Hall–Kier alpha value is -5.62. The molecular weight excluding hydrogens is 500 g/mol. The van der Waals surface area contributed by atoms with Gasteiger partial charge in [-0.2, -0.15) is 0 Å². The normalized spacial score (nSPS) is 10.4. The second-order valence-electron chi connectivity index (χ2n) is 9.04. The smallest absolute Gasteiger partial charge is 0.211 e. The van der Waals surface area contributed by atoms with Crippen LogP contribution in [0.15, 0.2) is 133 Å². The Morgan fingerprint density at radius 3 is 1.00 bits per heavy atom. The van der Waals surface area contributed by atoms with Crippen molar-refractivity contribution in [2.24, 2.45) is 0 Å². The Morgan fingerprint density at radius 2 is 0.700 bits per heavy atom. The van der Waals surface area contributed by atoms with Gasteiger partial charge in [0.05, 0.1) is 11.9 Å². The molecule has 6 heteroatoms. The maximum Gasteiger partial charge on any atom is 0.211 e. The van der Waals surface area contributed by atoms with Gasteiger partial charge in [0.15, 0.2) is 0 Å². The number of carboxylic acid groups (broad SMARTS) is 2. The van der Waals surface area contributed by atoms with Gasteiger partial charge in [-0.25, -0.2) is 9.97 Å². The van der Waals surface area contributed by atoms with Gasteiger partial charge >= 0.3 is 0 Å². The van der Waals surface area contributed by atoms with Gasteiger partial charge in [0.1, 0.15) is 0 Å². The lowest BCUT2D eigenvalue weighted by Gasteiger charge is -2.05. The molecule has 0 atom stereocenters. The molecule has 2 N–H and O–H groups in total. The predicted molar refractivity (Wildman–Crippen MR) is 151 cm³/mol. The fourth-order valence-corrected chi connectivity index (χ4v) is 4.35. The van der Waals surface area contributed by atoms with Crippen molar-refractivity contribution >= 4 is 55.6 Å². The number of fused-ring (bicyclic) bond motifs is 4. The number of nitrogens with one attached hydrogen (secondary N) is 2. The zero-order valence-electron chi connectivity index (χ0n) is 21.3. The van der Waals surface area contributed by atoms with E-state index in [1.807, 2.05) is 24.3 Å². The lowest BCUT2D eigenvalue weighted by atomic mass is 10.1. The van der Waals surface area contributed by atoms with Crippen molar-refractivity contribution in [2.45, 2.75) is 0 Å². The van der Waals surface area contributed by atoms with Gasteiger partial charge in [-0.15, -0.1) is 0 Å². The molecule has 0 saturated heterocycles. The van der Waals surface area contributed by atoms with Crippen molar-refractivity contribution in [3.8, 4) is 0 Å². The van der Waals surface area contributed by atoms with Crippen molar-refractivity contribution < 1.29 is 29.8 Å². The summed E-state index contributed by atoms with van der Waals surface area (Å²) in [6.07, 6.45) is 0. The second kappa shape index (κ2) is 11.8. The van der Waals surface area contributed by atoms with Gasteiger partial charge in [-0.1, -0.05) is 66.7 Å². The molecular formula is C34H24N2O4. The van der Waals surface area contributed by atoms with Crippen molar-refractivity contribution in [3.05, 3.63) is 145 Å². The first-order valence-corrected chi connectivity index (χ1v) is 12.6. The quantitative estimate of drug-likeness (QED) is 0.318. The number of carbonyl (C=O) groups is 2. The molecule has 7 aromatic rings. The minimum atomic E-state index is -1.40. The zero-order chi connectivity index (χ0) is 27.9. The summed E-state index contributed by atoms with van der Waals surface area (Å²) in [4.78, 5) is 27.3. The van der Waals surface area contributed by atoms with E-state index in [1.165, 1.54) is 61.8 Å². The molecule has 0 aliphatic carbocycles. The van der Waals surface area contributed by atoms with Crippen LogP contribution in [0.1, 0.15) is 20.7 Å². The highest BCUT2D eigenvalue weighted by molar-refractivity contribution is 5.92. The first-order chi connectivity index (χ1) is 19.5. The molecule has 5 aromatic carbocycles. The average Bonchev–Trinajstić information content (AvgIpc) is 2.99. The Kier molecular flexibility index (Phi) is 7.69. The summed E-state index contributed by atoms with van der Waals surface area (Å²) in [6, 6.07) is 42.6.